The highest BCUT2D eigenvalue weighted by Gasteiger charge is 1.89. The fourth-order valence-electron chi connectivity index (χ4n) is 0.415. The predicted octanol–water partition coefficient (Wildman–Crippen LogP) is 2.10. The second kappa shape index (κ2) is 4.07. The first kappa shape index (κ1) is 8.15. The van der Waals surface area contributed by atoms with Gasteiger partial charge in [0, 0.05) is 6.42 Å². The minimum atomic E-state index is 0.160. The van der Waals surface area contributed by atoms with E-state index < -0.39 is 0 Å². The third-order valence-electron chi connectivity index (χ3n) is 1.06. The Bertz CT molecular complexity index is 143. The quantitative estimate of drug-likeness (QED) is 0.416. The van der Waals surface area contributed by atoms with Crippen molar-refractivity contribution in [3.8, 4) is 0 Å². The summed E-state index contributed by atoms with van der Waals surface area (Å²) in [6, 6.07) is 0. The minimum absolute atomic E-state index is 0.160. The Hall–Kier alpha value is -0.850. The van der Waals surface area contributed by atoms with Crippen molar-refractivity contribution in [2.45, 2.75) is 20.3 Å². The molecule has 0 rings (SSSR count). The van der Waals surface area contributed by atoms with Crippen molar-refractivity contribution in [3.63, 3.8) is 0 Å². The average molecular weight is 124 g/mol. The molecule has 0 N–H and O–H groups in total. The van der Waals surface area contributed by atoms with Gasteiger partial charge in [0.05, 0.1) is 0 Å². The molecule has 0 aromatic carbocycles. The van der Waals surface area contributed by atoms with Crippen LogP contribution in [-0.2, 0) is 4.79 Å². The van der Waals surface area contributed by atoms with Gasteiger partial charge < -0.3 is 0 Å². The largest absolute Gasteiger partial charge is 0.295 e. The van der Waals surface area contributed by atoms with Crippen LogP contribution in [0.25, 0.3) is 0 Å². The summed E-state index contributed by atoms with van der Waals surface area (Å²) in [7, 11) is 0. The second-order valence-corrected chi connectivity index (χ2v) is 1.91. The molecule has 0 aliphatic rings. The molecule has 0 atom stereocenters. The van der Waals surface area contributed by atoms with Crippen LogP contribution in [0.4, 0.5) is 0 Å². The highest BCUT2D eigenvalue weighted by Crippen LogP contribution is 1.94. The summed E-state index contributed by atoms with van der Waals surface area (Å²) in [6.45, 7) is 7.23. The first-order valence-corrected chi connectivity index (χ1v) is 3.04. The zero-order chi connectivity index (χ0) is 7.28. The molecule has 0 fully saturated rings. The zero-order valence-electron chi connectivity index (χ0n) is 5.98. The summed E-state index contributed by atoms with van der Waals surface area (Å²) in [6.07, 6.45) is 3.85. The third-order valence-corrected chi connectivity index (χ3v) is 1.06. The first-order valence-electron chi connectivity index (χ1n) is 3.04. The summed E-state index contributed by atoms with van der Waals surface area (Å²) in [5.41, 5.74) is 0.932. The Kier molecular flexibility index (Phi) is 3.69. The number of rotatable bonds is 3. The van der Waals surface area contributed by atoms with Crippen molar-refractivity contribution in [2.75, 3.05) is 0 Å². The lowest BCUT2D eigenvalue weighted by molar-refractivity contribution is -0.114. The van der Waals surface area contributed by atoms with Crippen LogP contribution >= 0.6 is 0 Å². The lowest BCUT2D eigenvalue weighted by Crippen LogP contribution is -1.88. The van der Waals surface area contributed by atoms with Gasteiger partial charge in [-0.25, -0.2) is 0 Å². The molecule has 50 valence electrons. The molecule has 0 amide bonds. The van der Waals surface area contributed by atoms with Gasteiger partial charge in [-0.3, -0.25) is 4.79 Å². The van der Waals surface area contributed by atoms with Gasteiger partial charge >= 0.3 is 0 Å². The van der Waals surface area contributed by atoms with E-state index in [0.29, 0.717) is 6.42 Å². The van der Waals surface area contributed by atoms with Gasteiger partial charge in [0.15, 0.2) is 5.78 Å². The highest BCUT2D eigenvalue weighted by molar-refractivity contribution is 5.90. The predicted molar refractivity (Wildman–Crippen MR) is 39.3 cm³/mol. The molecule has 0 aromatic rings. The van der Waals surface area contributed by atoms with E-state index in [2.05, 4.69) is 6.58 Å². The van der Waals surface area contributed by atoms with Crippen LogP contribution in [-0.4, -0.2) is 5.78 Å². The summed E-state index contributed by atoms with van der Waals surface area (Å²) < 4.78 is 0. The van der Waals surface area contributed by atoms with E-state index in [1.165, 1.54) is 0 Å². The standard InChI is InChI=1S/C8H12O/c1-4-7(3)6-8(9)5-2/h4,6H,1,5H2,2-3H3/b7-6-. The van der Waals surface area contributed by atoms with Crippen LogP contribution in [0.1, 0.15) is 20.3 Å². The van der Waals surface area contributed by atoms with E-state index in [4.69, 9.17) is 0 Å². The summed E-state index contributed by atoms with van der Waals surface area (Å²) in [5, 5.41) is 0. The maximum absolute atomic E-state index is 10.7. The molecule has 0 saturated heterocycles. The van der Waals surface area contributed by atoms with Crippen LogP contribution in [0.2, 0.25) is 0 Å². The average Bonchev–Trinajstić information content (AvgIpc) is 1.87. The maximum Gasteiger partial charge on any atom is 0.155 e. The zero-order valence-corrected chi connectivity index (χ0v) is 5.98. The topological polar surface area (TPSA) is 17.1 Å². The highest BCUT2D eigenvalue weighted by atomic mass is 16.1. The van der Waals surface area contributed by atoms with Crippen LogP contribution in [0.15, 0.2) is 24.3 Å². The van der Waals surface area contributed by atoms with Crippen LogP contribution in [0.5, 0.6) is 0 Å². The molecule has 0 aliphatic heterocycles. The van der Waals surface area contributed by atoms with Gasteiger partial charge in [-0.15, -0.1) is 0 Å². The molecular weight excluding hydrogens is 112 g/mol. The summed E-state index contributed by atoms with van der Waals surface area (Å²) in [5.74, 6) is 0.160. The van der Waals surface area contributed by atoms with Gasteiger partial charge in [-0.2, -0.15) is 0 Å². The van der Waals surface area contributed by atoms with Crippen molar-refractivity contribution in [2.24, 2.45) is 0 Å². The van der Waals surface area contributed by atoms with Crippen molar-refractivity contribution in [3.05, 3.63) is 24.3 Å². The number of carbonyl (C=O) groups excluding carboxylic acids is 1. The Morgan fingerprint density at radius 3 is 2.56 bits per heavy atom. The Morgan fingerprint density at radius 2 is 2.22 bits per heavy atom. The number of hydrogen-bond donors (Lipinski definition) is 0. The Balaban J connectivity index is 3.94. The van der Waals surface area contributed by atoms with Crippen molar-refractivity contribution in [1.29, 1.82) is 0 Å². The van der Waals surface area contributed by atoms with Crippen molar-refractivity contribution >= 4 is 5.78 Å². The molecule has 1 heteroatoms. The van der Waals surface area contributed by atoms with E-state index in [1.807, 2.05) is 13.8 Å². The summed E-state index contributed by atoms with van der Waals surface area (Å²) in [4.78, 5) is 10.7. The molecule has 0 bridgehead atoms. The smallest absolute Gasteiger partial charge is 0.155 e. The van der Waals surface area contributed by atoms with E-state index in [-0.39, 0.29) is 5.78 Å². The van der Waals surface area contributed by atoms with Crippen LogP contribution in [0, 0.1) is 0 Å². The number of ketones is 1. The Morgan fingerprint density at radius 1 is 1.67 bits per heavy atom. The normalized spacial score (nSPS) is 11.1. The van der Waals surface area contributed by atoms with Gasteiger partial charge in [-0.05, 0) is 18.6 Å². The monoisotopic (exact) mass is 124 g/mol. The van der Waals surface area contributed by atoms with Crippen LogP contribution in [0.3, 0.4) is 0 Å². The molecule has 0 heterocycles. The SMILES string of the molecule is C=C/C(C)=C\C(=O)CC. The molecule has 0 saturated carbocycles. The fourth-order valence-corrected chi connectivity index (χ4v) is 0.415. The molecule has 0 aromatic heterocycles. The van der Waals surface area contributed by atoms with Crippen molar-refractivity contribution in [1.82, 2.24) is 0 Å². The lowest BCUT2D eigenvalue weighted by atomic mass is 10.2. The van der Waals surface area contributed by atoms with E-state index in [1.54, 1.807) is 12.2 Å². The van der Waals surface area contributed by atoms with Crippen LogP contribution < -0.4 is 0 Å². The number of hydrogen-bond acceptors (Lipinski definition) is 1. The van der Waals surface area contributed by atoms with Gasteiger partial charge in [0.1, 0.15) is 0 Å². The lowest BCUT2D eigenvalue weighted by Gasteiger charge is -1.87. The molecular formula is C8H12O. The number of carbonyl (C=O) groups is 1. The third kappa shape index (κ3) is 3.71. The summed E-state index contributed by atoms with van der Waals surface area (Å²) >= 11 is 0. The molecule has 0 unspecified atom stereocenters. The fraction of sp³-hybridized carbons (Fsp3) is 0.375. The molecule has 9 heavy (non-hydrogen) atoms. The van der Waals surface area contributed by atoms with Crippen molar-refractivity contribution < 1.29 is 4.79 Å². The molecule has 0 aliphatic carbocycles. The Labute approximate surface area is 56.1 Å². The minimum Gasteiger partial charge on any atom is -0.295 e. The van der Waals surface area contributed by atoms with E-state index in [0.717, 1.165) is 5.57 Å². The van der Waals surface area contributed by atoms with Gasteiger partial charge in [0.25, 0.3) is 0 Å². The van der Waals surface area contributed by atoms with E-state index >= 15 is 0 Å². The number of allylic oxidation sites excluding steroid dienone is 3. The van der Waals surface area contributed by atoms with Gasteiger partial charge in [-0.1, -0.05) is 19.6 Å². The molecule has 0 radical (unpaired) electrons. The molecule has 0 spiro atoms. The van der Waals surface area contributed by atoms with E-state index in [9.17, 15) is 4.79 Å². The van der Waals surface area contributed by atoms with Gasteiger partial charge in [0.2, 0.25) is 0 Å². The first-order chi connectivity index (χ1) is 4.20. The molecule has 1 nitrogen and oxygen atoms in total. The maximum atomic E-state index is 10.7. The second-order valence-electron chi connectivity index (χ2n) is 1.91.